The second kappa shape index (κ2) is 8.53. The van der Waals surface area contributed by atoms with Crippen molar-refractivity contribution < 1.29 is 22.3 Å². The molecule has 29 heavy (non-hydrogen) atoms. The zero-order valence-corrected chi connectivity index (χ0v) is 17.2. The molecule has 7 heteroatoms. The fourth-order valence-corrected chi connectivity index (χ4v) is 4.51. The molecule has 0 saturated heterocycles. The van der Waals surface area contributed by atoms with Gasteiger partial charge in [-0.25, -0.2) is 12.8 Å². The Morgan fingerprint density at radius 3 is 2.21 bits per heavy atom. The smallest absolute Gasteiger partial charge is 0.267 e. The van der Waals surface area contributed by atoms with Crippen LogP contribution in [0.3, 0.4) is 0 Å². The van der Waals surface area contributed by atoms with E-state index in [1.807, 2.05) is 31.2 Å². The largest absolute Gasteiger partial charge is 0.493 e. The lowest BCUT2D eigenvalue weighted by molar-refractivity contribution is 0.355. The predicted molar refractivity (Wildman–Crippen MR) is 110 cm³/mol. The van der Waals surface area contributed by atoms with Gasteiger partial charge in [0.25, 0.3) is 10.0 Å². The first kappa shape index (κ1) is 20.7. The first-order chi connectivity index (χ1) is 13.9. The van der Waals surface area contributed by atoms with Gasteiger partial charge in [-0.1, -0.05) is 36.4 Å². The first-order valence-corrected chi connectivity index (χ1v) is 10.4. The van der Waals surface area contributed by atoms with Crippen LogP contribution in [0.15, 0.2) is 71.6 Å². The van der Waals surface area contributed by atoms with Crippen LogP contribution in [0.4, 0.5) is 10.1 Å². The van der Waals surface area contributed by atoms with Crippen molar-refractivity contribution in [3.8, 4) is 11.5 Å². The molecule has 0 amide bonds. The maximum absolute atomic E-state index is 14.4. The molecule has 0 bridgehead atoms. The monoisotopic (exact) mass is 415 g/mol. The van der Waals surface area contributed by atoms with E-state index in [9.17, 15) is 12.8 Å². The van der Waals surface area contributed by atoms with E-state index in [4.69, 9.17) is 9.47 Å². The van der Waals surface area contributed by atoms with Crippen LogP contribution in [-0.2, 0) is 16.6 Å². The molecule has 0 atom stereocenters. The molecule has 5 nitrogen and oxygen atoms in total. The molecular weight excluding hydrogens is 393 g/mol. The Morgan fingerprint density at radius 2 is 1.55 bits per heavy atom. The molecule has 3 aromatic rings. The molecule has 0 aromatic heterocycles. The number of benzene rings is 3. The molecule has 0 radical (unpaired) electrons. The van der Waals surface area contributed by atoms with Crippen LogP contribution >= 0.6 is 0 Å². The van der Waals surface area contributed by atoms with Crippen LogP contribution < -0.4 is 13.8 Å². The van der Waals surface area contributed by atoms with E-state index in [2.05, 4.69) is 0 Å². The van der Waals surface area contributed by atoms with Crippen molar-refractivity contribution in [3.63, 3.8) is 0 Å². The fourth-order valence-electron chi connectivity index (χ4n) is 3.01. The average Bonchev–Trinajstić information content (AvgIpc) is 2.72. The molecule has 3 aromatic carbocycles. The number of rotatable bonds is 7. The number of anilines is 1. The molecule has 3 rings (SSSR count). The quantitative estimate of drug-likeness (QED) is 0.568. The Balaban J connectivity index is 2.17. The normalized spacial score (nSPS) is 11.2. The fraction of sp³-hybridized carbons (Fsp3) is 0.182. The van der Waals surface area contributed by atoms with Gasteiger partial charge in [-0.15, -0.1) is 0 Å². The van der Waals surface area contributed by atoms with E-state index in [1.165, 1.54) is 36.7 Å². The zero-order valence-electron chi connectivity index (χ0n) is 16.4. The summed E-state index contributed by atoms with van der Waals surface area (Å²) in [7, 11) is -1.21. The van der Waals surface area contributed by atoms with E-state index in [-0.39, 0.29) is 11.4 Å². The van der Waals surface area contributed by atoms with E-state index < -0.39 is 15.8 Å². The molecule has 0 fully saturated rings. The van der Waals surface area contributed by atoms with E-state index in [1.54, 1.807) is 18.2 Å². The van der Waals surface area contributed by atoms with Gasteiger partial charge in [0.05, 0.1) is 26.5 Å². The molecule has 152 valence electrons. The van der Waals surface area contributed by atoms with Gasteiger partial charge in [-0.3, -0.25) is 4.31 Å². The van der Waals surface area contributed by atoms with Crippen molar-refractivity contribution in [1.29, 1.82) is 0 Å². The maximum Gasteiger partial charge on any atom is 0.267 e. The molecule has 0 aliphatic heterocycles. The Hall–Kier alpha value is -3.06. The third-order valence-electron chi connectivity index (χ3n) is 4.64. The highest BCUT2D eigenvalue weighted by atomic mass is 32.2. The number of ether oxygens (including phenoxy) is 2. The summed E-state index contributed by atoms with van der Waals surface area (Å²) in [5, 5.41) is 0. The molecule has 0 N–H and O–H groups in total. The summed E-state index contributed by atoms with van der Waals surface area (Å²) in [5.41, 5.74) is 2.08. The highest BCUT2D eigenvalue weighted by molar-refractivity contribution is 7.92. The van der Waals surface area contributed by atoms with Crippen molar-refractivity contribution in [1.82, 2.24) is 0 Å². The second-order valence-corrected chi connectivity index (χ2v) is 8.24. The molecular formula is C22H22FNO4S. The summed E-state index contributed by atoms with van der Waals surface area (Å²) < 4.78 is 53.0. The number of hydrogen-bond donors (Lipinski definition) is 0. The molecule has 0 heterocycles. The minimum absolute atomic E-state index is 0.0405. The minimum atomic E-state index is -4.18. The third kappa shape index (κ3) is 4.19. The molecule has 0 unspecified atom stereocenters. The lowest BCUT2D eigenvalue weighted by Gasteiger charge is -2.26. The van der Waals surface area contributed by atoms with Gasteiger partial charge in [0.2, 0.25) is 0 Å². The minimum Gasteiger partial charge on any atom is -0.493 e. The van der Waals surface area contributed by atoms with Gasteiger partial charge < -0.3 is 9.47 Å². The summed E-state index contributed by atoms with van der Waals surface area (Å²) in [6, 6.07) is 17.6. The standard InChI is InChI=1S/C22H22FNO4S/c1-16-8-4-5-9-17(16)15-24(18-12-13-20(27-2)21(14-18)28-3)29(25,26)22-11-7-6-10-19(22)23/h4-14H,15H2,1-3H3. The van der Waals surface area contributed by atoms with Crippen molar-refractivity contribution >= 4 is 15.7 Å². The van der Waals surface area contributed by atoms with Gasteiger partial charge >= 0.3 is 0 Å². The van der Waals surface area contributed by atoms with Gasteiger partial charge in [0, 0.05) is 6.07 Å². The highest BCUT2D eigenvalue weighted by Crippen LogP contribution is 2.35. The van der Waals surface area contributed by atoms with Crippen molar-refractivity contribution in [2.75, 3.05) is 18.5 Å². The number of hydrogen-bond acceptors (Lipinski definition) is 4. The number of methoxy groups -OCH3 is 2. The number of halogens is 1. The van der Waals surface area contributed by atoms with Gasteiger partial charge in [0.15, 0.2) is 11.5 Å². The van der Waals surface area contributed by atoms with Crippen LogP contribution in [0.2, 0.25) is 0 Å². The SMILES string of the molecule is COc1ccc(N(Cc2ccccc2C)S(=O)(=O)c2ccccc2F)cc1OC. The summed E-state index contributed by atoms with van der Waals surface area (Å²) in [6.07, 6.45) is 0. The van der Waals surface area contributed by atoms with Crippen molar-refractivity contribution in [3.05, 3.63) is 83.7 Å². The summed E-state index contributed by atoms with van der Waals surface area (Å²) in [4.78, 5) is -0.386. The zero-order chi connectivity index (χ0) is 21.0. The number of aryl methyl sites for hydroxylation is 1. The average molecular weight is 415 g/mol. The second-order valence-electron chi connectivity index (χ2n) is 6.41. The van der Waals surface area contributed by atoms with Gasteiger partial charge in [0.1, 0.15) is 10.7 Å². The van der Waals surface area contributed by atoms with Gasteiger partial charge in [-0.2, -0.15) is 0 Å². The van der Waals surface area contributed by atoms with E-state index in [0.29, 0.717) is 17.2 Å². The van der Waals surface area contributed by atoms with Crippen LogP contribution in [0.25, 0.3) is 0 Å². The third-order valence-corrected chi connectivity index (χ3v) is 6.44. The topological polar surface area (TPSA) is 55.8 Å². The Kier molecular flexibility index (Phi) is 6.08. The number of nitrogens with zero attached hydrogens (tertiary/aromatic N) is 1. The first-order valence-electron chi connectivity index (χ1n) is 8.92. The van der Waals surface area contributed by atoms with Crippen LogP contribution in [0, 0.1) is 12.7 Å². The highest BCUT2D eigenvalue weighted by Gasteiger charge is 2.29. The summed E-state index contributed by atoms with van der Waals surface area (Å²) in [5.74, 6) is 0.0432. The molecule has 0 spiro atoms. The summed E-state index contributed by atoms with van der Waals surface area (Å²) in [6.45, 7) is 1.94. The maximum atomic E-state index is 14.4. The Morgan fingerprint density at radius 1 is 0.897 bits per heavy atom. The van der Waals surface area contributed by atoms with E-state index in [0.717, 1.165) is 17.2 Å². The predicted octanol–water partition coefficient (Wildman–Crippen LogP) is 4.55. The van der Waals surface area contributed by atoms with Crippen LogP contribution in [0.5, 0.6) is 11.5 Å². The Bertz CT molecular complexity index is 1120. The lowest BCUT2D eigenvalue weighted by Crippen LogP contribution is -2.31. The number of sulfonamides is 1. The summed E-state index contributed by atoms with van der Waals surface area (Å²) >= 11 is 0. The lowest BCUT2D eigenvalue weighted by atomic mass is 10.1. The van der Waals surface area contributed by atoms with Gasteiger partial charge in [-0.05, 0) is 42.3 Å². The molecule has 0 aliphatic rings. The Labute approximate surface area is 170 Å². The molecule has 0 aliphatic carbocycles. The van der Waals surface area contributed by atoms with Crippen LogP contribution in [0.1, 0.15) is 11.1 Å². The van der Waals surface area contributed by atoms with E-state index >= 15 is 0 Å². The van der Waals surface area contributed by atoms with Crippen molar-refractivity contribution in [2.45, 2.75) is 18.4 Å². The van der Waals surface area contributed by atoms with Crippen LogP contribution in [-0.4, -0.2) is 22.6 Å². The van der Waals surface area contributed by atoms with Crippen molar-refractivity contribution in [2.24, 2.45) is 0 Å². The molecule has 0 saturated carbocycles.